The van der Waals surface area contributed by atoms with Crippen LogP contribution >= 0.6 is 25.6 Å². The van der Waals surface area contributed by atoms with Crippen molar-refractivity contribution in [2.45, 2.75) is 0 Å². The number of hydrogen-bond acceptors (Lipinski definition) is 6. The number of anilines is 6. The molecule has 2 aliphatic rings. The van der Waals surface area contributed by atoms with Crippen LogP contribution in [0.3, 0.4) is 0 Å². The Balaban J connectivity index is 0.000000136. The van der Waals surface area contributed by atoms with Gasteiger partial charge in [0.1, 0.15) is 11.2 Å². The second-order valence-corrected chi connectivity index (χ2v) is 33.8. The quantitative estimate of drug-likeness (QED) is 0.128. The smallest absolute Gasteiger partial charge is 0.172 e. The van der Waals surface area contributed by atoms with Crippen LogP contribution in [0, 0.1) is 0 Å². The maximum absolute atomic E-state index is 15.4. The molecule has 0 amide bonds. The molecule has 500 valence electrons. The van der Waals surface area contributed by atoms with Gasteiger partial charge in [0.15, 0.2) is 14.3 Å². The van der Waals surface area contributed by atoms with Crippen molar-refractivity contribution in [3.63, 3.8) is 0 Å². The zero-order valence-electron chi connectivity index (χ0n) is 57.1. The lowest BCUT2D eigenvalue weighted by molar-refractivity contribution is 0.592. The first-order chi connectivity index (χ1) is 52.3. The molecule has 10 heteroatoms. The third-order valence-electron chi connectivity index (χ3n) is 21.6. The van der Waals surface area contributed by atoms with Crippen molar-refractivity contribution >= 4 is 177 Å². The molecule has 2 aliphatic heterocycles. The molecule has 0 spiro atoms. The molecular weight excluding hydrogens is 1350 g/mol. The van der Waals surface area contributed by atoms with Crippen molar-refractivity contribution in [3.05, 3.63) is 376 Å². The van der Waals surface area contributed by atoms with Gasteiger partial charge < -0.3 is 32.5 Å². The SMILES string of the molecule is O=P1(c2ccccc2)c2ccccc2-c2cc3c(cc21)c1ccccc1n3-c1ccc(N(c2ccccc2)c2ccc3c(c2)oc2ccccc23)cc1.O=P1(c2ccccc2)c2ccccc2-c2cc3c(cc21)c1ccccc1n3-c1ccc(N(c2ccccc2)c2ccc3c(c2)sc2ccccc23)cc1. The summed E-state index contributed by atoms with van der Waals surface area (Å²) in [5.74, 6) is 0. The molecule has 0 N–H and O–H groups in total. The molecule has 0 aliphatic carbocycles. The van der Waals surface area contributed by atoms with Crippen LogP contribution in [0.5, 0.6) is 0 Å². The van der Waals surface area contributed by atoms with E-state index < -0.39 is 14.3 Å². The number of rotatable bonds is 10. The highest BCUT2D eigenvalue weighted by molar-refractivity contribution is 7.87. The number of benzene rings is 16. The lowest BCUT2D eigenvalue weighted by Gasteiger charge is -2.26. The molecule has 16 aromatic carbocycles. The summed E-state index contributed by atoms with van der Waals surface area (Å²) >= 11 is 1.84. The Kier molecular flexibility index (Phi) is 14.2. The van der Waals surface area contributed by atoms with E-state index in [4.69, 9.17) is 4.42 Å². The van der Waals surface area contributed by atoms with Crippen molar-refractivity contribution < 1.29 is 13.5 Å². The highest BCUT2D eigenvalue weighted by atomic mass is 32.1. The summed E-state index contributed by atoms with van der Waals surface area (Å²) in [5, 5.41) is 14.7. The normalized spacial score (nSPS) is 14.9. The first-order valence-corrected chi connectivity index (χ1v) is 40.0. The molecule has 2 unspecified atom stereocenters. The number of fused-ring (bicyclic) bond motifs is 18. The Morgan fingerprint density at radius 2 is 0.623 bits per heavy atom. The first kappa shape index (κ1) is 61.8. The lowest BCUT2D eigenvalue weighted by Crippen LogP contribution is -2.20. The van der Waals surface area contributed by atoms with Gasteiger partial charge in [0.25, 0.3) is 0 Å². The summed E-state index contributed by atoms with van der Waals surface area (Å²) in [6.45, 7) is 0. The minimum Gasteiger partial charge on any atom is -0.456 e. The van der Waals surface area contributed by atoms with E-state index in [1.165, 1.54) is 20.2 Å². The van der Waals surface area contributed by atoms with Gasteiger partial charge in [-0.1, -0.05) is 224 Å². The van der Waals surface area contributed by atoms with Crippen molar-refractivity contribution in [1.82, 2.24) is 9.13 Å². The zero-order chi connectivity index (χ0) is 70.2. The molecule has 2 atom stereocenters. The van der Waals surface area contributed by atoms with E-state index in [2.05, 4.69) is 292 Å². The number of nitrogens with zero attached hydrogens (tertiary/aromatic N) is 4. The van der Waals surface area contributed by atoms with Gasteiger partial charge in [-0.2, -0.15) is 0 Å². The van der Waals surface area contributed by atoms with Gasteiger partial charge in [-0.3, -0.25) is 0 Å². The lowest BCUT2D eigenvalue weighted by atomic mass is 10.0. The van der Waals surface area contributed by atoms with E-state index >= 15 is 9.13 Å². The molecule has 20 aromatic rings. The molecule has 6 heterocycles. The Bertz CT molecular complexity index is 6610. The van der Waals surface area contributed by atoms with Crippen LogP contribution in [0.2, 0.25) is 0 Å². The van der Waals surface area contributed by atoms with Gasteiger partial charge in [-0.15, -0.1) is 11.3 Å². The number of hydrogen-bond donors (Lipinski definition) is 0. The molecule has 0 fully saturated rings. The van der Waals surface area contributed by atoms with E-state index in [0.29, 0.717) is 0 Å². The minimum atomic E-state index is -3.07. The van der Waals surface area contributed by atoms with Gasteiger partial charge >= 0.3 is 0 Å². The maximum Gasteiger partial charge on any atom is 0.172 e. The van der Waals surface area contributed by atoms with Crippen LogP contribution in [0.25, 0.3) is 119 Å². The summed E-state index contributed by atoms with van der Waals surface area (Å²) in [7, 11) is -6.13. The summed E-state index contributed by atoms with van der Waals surface area (Å²) in [5.41, 5.74) is 18.9. The Morgan fingerprint density at radius 1 is 0.245 bits per heavy atom. The van der Waals surface area contributed by atoms with Crippen LogP contribution in [0.15, 0.2) is 381 Å². The average molecular weight is 1410 g/mol. The highest BCUT2D eigenvalue weighted by Crippen LogP contribution is 2.56. The van der Waals surface area contributed by atoms with Crippen LogP contribution in [0.1, 0.15) is 0 Å². The number of furan rings is 1. The van der Waals surface area contributed by atoms with Crippen molar-refractivity contribution in [2.75, 3.05) is 9.80 Å². The average Bonchev–Trinajstić information content (AvgIpc) is 1.54. The van der Waals surface area contributed by atoms with E-state index in [-0.39, 0.29) is 0 Å². The van der Waals surface area contributed by atoms with Crippen molar-refractivity contribution in [1.29, 1.82) is 0 Å². The van der Waals surface area contributed by atoms with Gasteiger partial charge in [-0.25, -0.2) is 0 Å². The van der Waals surface area contributed by atoms with E-state index in [9.17, 15) is 0 Å². The molecule has 0 saturated carbocycles. The maximum atomic E-state index is 15.4. The molecule has 4 aromatic heterocycles. The van der Waals surface area contributed by atoms with Gasteiger partial charge in [-0.05, 0) is 168 Å². The highest BCUT2D eigenvalue weighted by Gasteiger charge is 2.42. The number of aromatic nitrogens is 2. The third kappa shape index (κ3) is 9.52. The topological polar surface area (TPSA) is 63.6 Å². The summed E-state index contributed by atoms with van der Waals surface area (Å²) in [4.78, 5) is 4.61. The van der Waals surface area contributed by atoms with Gasteiger partial charge in [0, 0.05) is 136 Å². The summed E-state index contributed by atoms with van der Waals surface area (Å²) < 4.78 is 44.3. The fraction of sp³-hybridized carbons (Fsp3) is 0. The monoisotopic (exact) mass is 1410 g/mol. The standard InChI is InChI=1S/C48H31N2O2P.C48H31N2OPS/c51-53(36-15-5-2-6-16-36)47-22-12-9-19-40(47)42-30-44-41(31-48(42)53)37-17-7-10-20-43(37)50(44)34-25-23-33(24-26-34)49(32-13-3-1-4-14-32)35-27-28-39-38-18-8-11-21-45(38)52-46(39)29-35;51-52(36-15-5-2-6-16-36)45-21-11-8-18-38(45)42-30-44-41(31-46(42)52)37-17-7-10-20-43(37)50(44)34-25-23-33(24-26-34)49(32-13-3-1-4-14-32)35-27-28-40-39-19-9-12-22-47(39)53-48(40)29-35/h2*1-31H. The van der Waals surface area contributed by atoms with Gasteiger partial charge in [0.2, 0.25) is 0 Å². The first-order valence-electron chi connectivity index (χ1n) is 35.7. The fourth-order valence-corrected chi connectivity index (χ4v) is 24.1. The Hall–Kier alpha value is -12.8. The fourth-order valence-electron chi connectivity index (χ4n) is 16.8. The largest absolute Gasteiger partial charge is 0.456 e. The van der Waals surface area contributed by atoms with Crippen LogP contribution < -0.4 is 41.6 Å². The summed E-state index contributed by atoms with van der Waals surface area (Å²) in [6, 6.07) is 131. The number of thiophene rings is 1. The van der Waals surface area contributed by atoms with Gasteiger partial charge in [0.05, 0.1) is 22.1 Å². The second kappa shape index (κ2) is 24.4. The second-order valence-electron chi connectivity index (χ2n) is 27.3. The summed E-state index contributed by atoms with van der Waals surface area (Å²) in [6.07, 6.45) is 0. The van der Waals surface area contributed by atoms with E-state index in [1.807, 2.05) is 114 Å². The molecular formula is C96H62N4O3P2S. The molecule has 22 rings (SSSR count). The van der Waals surface area contributed by atoms with E-state index in [0.717, 1.165) is 165 Å². The Morgan fingerprint density at radius 3 is 1.14 bits per heavy atom. The van der Waals surface area contributed by atoms with Crippen LogP contribution in [-0.2, 0) is 9.13 Å². The third-order valence-corrected chi connectivity index (χ3v) is 29.0. The molecule has 7 nitrogen and oxygen atoms in total. The predicted octanol–water partition coefficient (Wildman–Crippen LogP) is 24.0. The molecule has 0 saturated heterocycles. The minimum absolute atomic E-state index is 0.859. The molecule has 0 bridgehead atoms. The van der Waals surface area contributed by atoms with Crippen LogP contribution in [0.4, 0.5) is 34.1 Å². The number of para-hydroxylation sites is 5. The molecule has 106 heavy (non-hydrogen) atoms. The molecule has 0 radical (unpaired) electrons. The predicted molar refractivity (Wildman–Crippen MR) is 448 cm³/mol. The van der Waals surface area contributed by atoms with Crippen LogP contribution in [-0.4, -0.2) is 9.13 Å². The van der Waals surface area contributed by atoms with Crippen molar-refractivity contribution in [2.24, 2.45) is 0 Å². The Labute approximate surface area is 615 Å². The van der Waals surface area contributed by atoms with E-state index in [1.54, 1.807) is 0 Å². The van der Waals surface area contributed by atoms with Crippen molar-refractivity contribution in [3.8, 4) is 33.6 Å². The zero-order valence-corrected chi connectivity index (χ0v) is 59.7.